The topological polar surface area (TPSA) is 114 Å². The number of esters is 1. The Labute approximate surface area is 511 Å². The zero-order valence-corrected chi connectivity index (χ0v) is 56.6. The van der Waals surface area contributed by atoms with Crippen molar-refractivity contribution in [2.75, 3.05) is 40.9 Å². The van der Waals surface area contributed by atoms with Crippen molar-refractivity contribution in [3.8, 4) is 0 Å². The number of likely N-dealkylation sites (N-methyl/N-ethyl adjacent to an activating group) is 1. The van der Waals surface area contributed by atoms with Crippen LogP contribution in [0.2, 0.25) is 0 Å². The van der Waals surface area contributed by atoms with E-state index < -0.39 is 20.0 Å². The normalized spacial score (nSPS) is 13.6. The van der Waals surface area contributed by atoms with Gasteiger partial charge in [0.25, 0.3) is 7.82 Å². The molecule has 0 aromatic heterocycles. The second-order valence-electron chi connectivity index (χ2n) is 26.1. The van der Waals surface area contributed by atoms with Crippen molar-refractivity contribution in [1.82, 2.24) is 5.32 Å². The van der Waals surface area contributed by atoms with Crippen molar-refractivity contribution < 1.29 is 37.3 Å². The molecule has 0 heterocycles. The molecule has 0 saturated heterocycles. The van der Waals surface area contributed by atoms with Gasteiger partial charge in [0.15, 0.2) is 0 Å². The lowest BCUT2D eigenvalue weighted by molar-refractivity contribution is -0.870. The molecule has 1 N–H and O–H groups in total. The predicted octanol–water partition coefficient (Wildman–Crippen LogP) is 22.2. The standard InChI is InChI=1S/C72H141N2O7P/c1-7-10-13-16-19-22-25-28-30-32-34-35-36-37-38-39-41-42-44-46-49-52-55-58-61-64-71(75)73-69(68-80-82(77,78)79-67-66-74(4,5)6)70(63-60-57-54-51-48-27-24-21-18-15-12-9-3)81-72(76)65-62-59-56-53-50-47-45-43-40-33-31-29-26-23-20-17-14-11-8-2/h29,31,60,63,69-70H,7-28,30,32-59,61-62,64-68H2,1-6H3,(H-,73,75,77,78)/b31-29+,63-60+. The van der Waals surface area contributed by atoms with Crippen LogP contribution in [0.1, 0.15) is 374 Å². The number of allylic oxidation sites excluding steroid dienone is 3. The van der Waals surface area contributed by atoms with E-state index in [1.165, 1.54) is 283 Å². The number of nitrogens with one attached hydrogen (secondary N) is 1. The van der Waals surface area contributed by atoms with E-state index in [9.17, 15) is 19.0 Å². The average molecular weight is 1180 g/mol. The Bertz CT molecular complexity index is 1450. The molecule has 9 nitrogen and oxygen atoms in total. The summed E-state index contributed by atoms with van der Waals surface area (Å²) in [4.78, 5) is 40.2. The molecule has 0 aliphatic rings. The molecular weight excluding hydrogens is 1040 g/mol. The number of quaternary nitrogens is 1. The van der Waals surface area contributed by atoms with E-state index in [1.807, 2.05) is 33.3 Å². The number of carbonyl (C=O) groups excluding carboxylic acids is 2. The molecule has 1 amide bonds. The highest BCUT2D eigenvalue weighted by Gasteiger charge is 2.27. The molecule has 10 heteroatoms. The van der Waals surface area contributed by atoms with Gasteiger partial charge >= 0.3 is 5.97 Å². The first-order valence-electron chi connectivity index (χ1n) is 36.1. The third-order valence-corrected chi connectivity index (χ3v) is 17.6. The number of amides is 1. The van der Waals surface area contributed by atoms with E-state index >= 15 is 0 Å². The summed E-state index contributed by atoms with van der Waals surface area (Å²) in [6.07, 6.45) is 75.9. The first-order valence-corrected chi connectivity index (χ1v) is 37.6. The van der Waals surface area contributed by atoms with Gasteiger partial charge in [0.05, 0.1) is 33.8 Å². The number of carbonyl (C=O) groups is 2. The molecular formula is C72H141N2O7P. The van der Waals surface area contributed by atoms with E-state index in [0.29, 0.717) is 17.4 Å². The van der Waals surface area contributed by atoms with Crippen molar-refractivity contribution in [3.05, 3.63) is 24.3 Å². The summed E-state index contributed by atoms with van der Waals surface area (Å²) in [6.45, 7) is 6.91. The van der Waals surface area contributed by atoms with Crippen LogP contribution < -0.4 is 10.2 Å². The molecule has 0 aromatic rings. The van der Waals surface area contributed by atoms with Gasteiger partial charge in [-0.3, -0.25) is 14.2 Å². The van der Waals surface area contributed by atoms with Crippen LogP contribution in [0, 0.1) is 0 Å². The molecule has 82 heavy (non-hydrogen) atoms. The first kappa shape index (κ1) is 80.5. The molecule has 0 aliphatic heterocycles. The van der Waals surface area contributed by atoms with Crippen LogP contribution in [0.4, 0.5) is 0 Å². The van der Waals surface area contributed by atoms with Crippen molar-refractivity contribution in [3.63, 3.8) is 0 Å². The Morgan fingerprint density at radius 1 is 0.415 bits per heavy atom. The maximum atomic E-state index is 13.6. The zero-order chi connectivity index (χ0) is 60.0. The van der Waals surface area contributed by atoms with Crippen LogP contribution in [0.3, 0.4) is 0 Å². The smallest absolute Gasteiger partial charge is 0.306 e. The van der Waals surface area contributed by atoms with Crippen molar-refractivity contribution in [1.29, 1.82) is 0 Å². The monoisotopic (exact) mass is 1180 g/mol. The second kappa shape index (κ2) is 62.5. The molecule has 0 spiro atoms. The molecule has 486 valence electrons. The average Bonchev–Trinajstić information content (AvgIpc) is 3.44. The molecule has 0 aromatic carbocycles. The van der Waals surface area contributed by atoms with Gasteiger partial charge in [-0.1, -0.05) is 328 Å². The maximum absolute atomic E-state index is 13.6. The Kier molecular flexibility index (Phi) is 61.4. The molecule has 0 fully saturated rings. The van der Waals surface area contributed by atoms with Gasteiger partial charge in [0.1, 0.15) is 19.3 Å². The third-order valence-electron chi connectivity index (χ3n) is 16.6. The number of hydrogen-bond acceptors (Lipinski definition) is 7. The Morgan fingerprint density at radius 3 is 1.04 bits per heavy atom. The summed E-state index contributed by atoms with van der Waals surface area (Å²) in [6, 6.07) is -0.884. The Hall–Kier alpha value is -1.51. The summed E-state index contributed by atoms with van der Waals surface area (Å²) in [5.74, 6) is -0.521. The minimum Gasteiger partial charge on any atom is -0.756 e. The van der Waals surface area contributed by atoms with Gasteiger partial charge in [0.2, 0.25) is 5.91 Å². The Morgan fingerprint density at radius 2 is 0.707 bits per heavy atom. The highest BCUT2D eigenvalue weighted by atomic mass is 31.2. The lowest BCUT2D eigenvalue weighted by Crippen LogP contribution is -2.47. The number of rotatable bonds is 67. The van der Waals surface area contributed by atoms with Gasteiger partial charge in [0, 0.05) is 12.8 Å². The van der Waals surface area contributed by atoms with E-state index in [1.54, 1.807) is 0 Å². The zero-order valence-electron chi connectivity index (χ0n) is 55.7. The highest BCUT2D eigenvalue weighted by molar-refractivity contribution is 7.45. The molecule has 0 saturated carbocycles. The minimum absolute atomic E-state index is 0.0185. The van der Waals surface area contributed by atoms with Crippen LogP contribution in [0.25, 0.3) is 0 Å². The summed E-state index contributed by atoms with van der Waals surface area (Å²) in [7, 11) is 1.21. The number of phosphoric ester groups is 1. The highest BCUT2D eigenvalue weighted by Crippen LogP contribution is 2.38. The van der Waals surface area contributed by atoms with Gasteiger partial charge in [-0.25, -0.2) is 0 Å². The molecule has 0 rings (SSSR count). The Balaban J connectivity index is 5.00. The van der Waals surface area contributed by atoms with E-state index in [2.05, 4.69) is 38.2 Å². The third kappa shape index (κ3) is 63.0. The summed E-state index contributed by atoms with van der Waals surface area (Å²) >= 11 is 0. The van der Waals surface area contributed by atoms with E-state index in [-0.39, 0.29) is 31.5 Å². The summed E-state index contributed by atoms with van der Waals surface area (Å²) in [5, 5.41) is 3.05. The maximum Gasteiger partial charge on any atom is 0.306 e. The number of hydrogen-bond donors (Lipinski definition) is 1. The van der Waals surface area contributed by atoms with Crippen LogP contribution in [-0.4, -0.2) is 69.4 Å². The number of ether oxygens (including phenoxy) is 1. The second-order valence-corrected chi connectivity index (χ2v) is 27.5. The minimum atomic E-state index is -4.70. The van der Waals surface area contributed by atoms with Gasteiger partial charge in [-0.2, -0.15) is 0 Å². The summed E-state index contributed by atoms with van der Waals surface area (Å²) < 4.78 is 30.5. The quantitative estimate of drug-likeness (QED) is 0.0212. The molecule has 3 atom stereocenters. The fourth-order valence-electron chi connectivity index (χ4n) is 11.1. The van der Waals surface area contributed by atoms with Gasteiger partial charge in [-0.15, -0.1) is 0 Å². The van der Waals surface area contributed by atoms with Gasteiger partial charge < -0.3 is 28.5 Å². The fraction of sp³-hybridized carbons (Fsp3) is 0.917. The van der Waals surface area contributed by atoms with Gasteiger partial charge in [-0.05, 0) is 57.4 Å². The molecule has 0 bridgehead atoms. The molecule has 3 unspecified atom stereocenters. The molecule has 0 aliphatic carbocycles. The van der Waals surface area contributed by atoms with Crippen molar-refractivity contribution in [2.45, 2.75) is 386 Å². The largest absolute Gasteiger partial charge is 0.756 e. The van der Waals surface area contributed by atoms with Crippen LogP contribution in [0.5, 0.6) is 0 Å². The number of phosphoric acid groups is 1. The van der Waals surface area contributed by atoms with E-state index in [0.717, 1.165) is 57.8 Å². The number of unbranched alkanes of at least 4 members (excludes halogenated alkanes) is 49. The van der Waals surface area contributed by atoms with Crippen molar-refractivity contribution in [2.24, 2.45) is 0 Å². The van der Waals surface area contributed by atoms with Crippen LogP contribution in [-0.2, 0) is 27.9 Å². The predicted molar refractivity (Wildman–Crippen MR) is 353 cm³/mol. The SMILES string of the molecule is CCCCCCCC/C=C/CCCCCCCCCCCC(=O)OC(/C=C/CCCCCCCCCCCC)C(COP(=O)([O-])OCC[N+](C)(C)C)NC(=O)CCCCCCCCCCCCCCCCCCCCCCCCCCC. The summed E-state index contributed by atoms with van der Waals surface area (Å²) in [5.41, 5.74) is 0. The van der Waals surface area contributed by atoms with E-state index in [4.69, 9.17) is 13.8 Å². The van der Waals surface area contributed by atoms with Crippen LogP contribution in [0.15, 0.2) is 24.3 Å². The number of nitrogens with zero attached hydrogens (tertiary/aromatic N) is 1. The fourth-order valence-corrected chi connectivity index (χ4v) is 11.8. The van der Waals surface area contributed by atoms with Crippen LogP contribution >= 0.6 is 7.82 Å². The van der Waals surface area contributed by atoms with Crippen molar-refractivity contribution >= 4 is 19.7 Å². The lowest BCUT2D eigenvalue weighted by Gasteiger charge is -2.30. The first-order chi connectivity index (χ1) is 39.9. The molecule has 0 radical (unpaired) electrons. The lowest BCUT2D eigenvalue weighted by atomic mass is 10.0.